The number of allylic oxidation sites excluding steroid dienone is 1. The van der Waals surface area contributed by atoms with Crippen LogP contribution in [0.5, 0.6) is 0 Å². The molecule has 11 heteroatoms. The van der Waals surface area contributed by atoms with Crippen molar-refractivity contribution < 1.29 is 13.2 Å². The Bertz CT molecular complexity index is 1640. The number of benzene rings is 1. The van der Waals surface area contributed by atoms with Gasteiger partial charge in [-0.1, -0.05) is 12.6 Å². The molecule has 214 valence electrons. The monoisotopic (exact) mass is 579 g/mol. The molecule has 3 aromatic heterocycles. The first-order chi connectivity index (χ1) is 19.7. The summed E-state index contributed by atoms with van der Waals surface area (Å²) in [7, 11) is 0. The van der Waals surface area contributed by atoms with E-state index in [0.717, 1.165) is 79.9 Å². The van der Waals surface area contributed by atoms with E-state index in [2.05, 4.69) is 61.8 Å². The number of nitriles is 1. The Hall–Kier alpha value is -3.62. The number of piperidine rings is 1. The predicted octanol–water partition coefficient (Wildman–Crippen LogP) is 6.13. The molecular formula is C30H32F3N7S. The quantitative estimate of drug-likeness (QED) is 0.274. The molecule has 0 saturated carbocycles. The molecule has 2 aliphatic rings. The van der Waals surface area contributed by atoms with Crippen molar-refractivity contribution in [2.45, 2.75) is 57.9 Å². The van der Waals surface area contributed by atoms with Gasteiger partial charge in [0.05, 0.1) is 11.8 Å². The van der Waals surface area contributed by atoms with Gasteiger partial charge >= 0.3 is 6.18 Å². The van der Waals surface area contributed by atoms with E-state index in [4.69, 9.17) is 0 Å². The average molecular weight is 580 g/mol. The van der Waals surface area contributed by atoms with Gasteiger partial charge in [0, 0.05) is 60.2 Å². The highest BCUT2D eigenvalue weighted by atomic mass is 32.1. The fraction of sp³-hybridized carbons (Fsp3) is 0.433. The molecule has 1 unspecified atom stereocenters. The first-order valence-corrected chi connectivity index (χ1v) is 14.7. The molecule has 6 rings (SSSR count). The largest absolute Gasteiger partial charge is 0.393 e. The van der Waals surface area contributed by atoms with Crippen LogP contribution >= 0.6 is 11.3 Å². The lowest BCUT2D eigenvalue weighted by atomic mass is 10.0. The minimum Gasteiger partial charge on any atom is -0.388 e. The van der Waals surface area contributed by atoms with Gasteiger partial charge in [0.25, 0.3) is 0 Å². The third-order valence-electron chi connectivity index (χ3n) is 8.28. The Morgan fingerprint density at radius 2 is 2.00 bits per heavy atom. The Morgan fingerprint density at radius 3 is 2.71 bits per heavy atom. The van der Waals surface area contributed by atoms with Crippen LogP contribution in [0.2, 0.25) is 0 Å². The third-order valence-corrected chi connectivity index (χ3v) is 9.32. The van der Waals surface area contributed by atoms with Crippen molar-refractivity contribution in [3.8, 4) is 6.07 Å². The number of nitrogens with zero attached hydrogens (tertiary/aromatic N) is 5. The second-order valence-corrected chi connectivity index (χ2v) is 12.3. The number of alkyl halides is 3. The number of aryl methyl sites for hydroxylation is 1. The molecule has 4 aromatic rings. The molecule has 2 aliphatic heterocycles. The van der Waals surface area contributed by atoms with Crippen LogP contribution in [-0.2, 0) is 19.5 Å². The standard InChI is InChI=1S/C30H32F3N7S/c1-18-9-20(14-35-18)15-40-23(13-34)10-25-19(2)21(3-4-27(25)40)16-39-7-5-22(6-8-39)38-28-26-11-24(12-30(31,32)33)41-29(26)37-17-36-28/h3-4,10-11,17,20,22,35H,1,5-9,12,14-16H2,2H3,(H,36,37,38). The molecule has 1 aromatic carbocycles. The van der Waals surface area contributed by atoms with Gasteiger partial charge in [-0.25, -0.2) is 9.97 Å². The number of halogens is 3. The highest BCUT2D eigenvalue weighted by molar-refractivity contribution is 7.18. The fourth-order valence-electron chi connectivity index (χ4n) is 6.13. The number of nitrogens with one attached hydrogen (secondary N) is 2. The van der Waals surface area contributed by atoms with Crippen LogP contribution in [0.3, 0.4) is 0 Å². The summed E-state index contributed by atoms with van der Waals surface area (Å²) in [6.45, 7) is 10.5. The summed E-state index contributed by atoms with van der Waals surface area (Å²) in [5, 5.41) is 18.4. The van der Waals surface area contributed by atoms with Crippen LogP contribution in [0.15, 0.2) is 42.9 Å². The van der Waals surface area contributed by atoms with E-state index in [-0.39, 0.29) is 10.9 Å². The molecule has 0 bridgehead atoms. The van der Waals surface area contributed by atoms with Gasteiger partial charge in [-0.3, -0.25) is 4.90 Å². The first-order valence-electron chi connectivity index (χ1n) is 13.9. The number of rotatable bonds is 7. The van der Waals surface area contributed by atoms with E-state index in [0.29, 0.717) is 27.6 Å². The molecule has 41 heavy (non-hydrogen) atoms. The van der Waals surface area contributed by atoms with Crippen LogP contribution < -0.4 is 10.6 Å². The van der Waals surface area contributed by atoms with Crippen molar-refractivity contribution in [2.75, 3.05) is 25.0 Å². The summed E-state index contributed by atoms with van der Waals surface area (Å²) in [4.78, 5) is 11.8. The SMILES string of the molecule is C=C1CC(Cn2c(C#N)cc3c(C)c(CN4CCC(Nc5ncnc6sc(CC(F)(F)F)cc56)CC4)ccc32)CN1. The first kappa shape index (κ1) is 27.5. The zero-order valence-electron chi connectivity index (χ0n) is 22.9. The van der Waals surface area contributed by atoms with Gasteiger partial charge in [0.1, 0.15) is 28.7 Å². The highest BCUT2D eigenvalue weighted by Crippen LogP contribution is 2.34. The minimum atomic E-state index is -4.25. The van der Waals surface area contributed by atoms with E-state index in [1.54, 1.807) is 6.07 Å². The summed E-state index contributed by atoms with van der Waals surface area (Å²) < 4.78 is 40.8. The zero-order valence-corrected chi connectivity index (χ0v) is 23.7. The van der Waals surface area contributed by atoms with E-state index in [1.807, 2.05) is 6.07 Å². The summed E-state index contributed by atoms with van der Waals surface area (Å²) in [5.74, 6) is 1.04. The van der Waals surface area contributed by atoms with Crippen LogP contribution in [0.25, 0.3) is 21.1 Å². The van der Waals surface area contributed by atoms with Crippen LogP contribution in [0.4, 0.5) is 19.0 Å². The van der Waals surface area contributed by atoms with Crippen molar-refractivity contribution >= 4 is 38.3 Å². The molecule has 2 saturated heterocycles. The molecule has 0 radical (unpaired) electrons. The Morgan fingerprint density at radius 1 is 1.20 bits per heavy atom. The Labute approximate surface area is 240 Å². The maximum Gasteiger partial charge on any atom is 0.393 e. The maximum atomic E-state index is 12.9. The number of thiophene rings is 1. The average Bonchev–Trinajstić information content (AvgIpc) is 3.63. The molecule has 2 N–H and O–H groups in total. The molecule has 0 amide bonds. The molecule has 2 fully saturated rings. The van der Waals surface area contributed by atoms with Crippen molar-refractivity contribution in [1.82, 2.24) is 24.8 Å². The van der Waals surface area contributed by atoms with E-state index < -0.39 is 12.6 Å². The number of fused-ring (bicyclic) bond motifs is 2. The van der Waals surface area contributed by atoms with Gasteiger partial charge in [0.2, 0.25) is 0 Å². The van der Waals surface area contributed by atoms with Crippen molar-refractivity contribution in [3.05, 3.63) is 64.6 Å². The van der Waals surface area contributed by atoms with E-state index in [1.165, 1.54) is 17.5 Å². The number of hydrogen-bond donors (Lipinski definition) is 2. The summed E-state index contributed by atoms with van der Waals surface area (Å²) in [6, 6.07) is 10.5. The van der Waals surface area contributed by atoms with Gasteiger partial charge in [-0.2, -0.15) is 18.4 Å². The number of aromatic nitrogens is 3. The minimum absolute atomic E-state index is 0.187. The molecule has 0 spiro atoms. The summed E-state index contributed by atoms with van der Waals surface area (Å²) in [6.07, 6.45) is -1.04. The van der Waals surface area contributed by atoms with Gasteiger partial charge in [-0.15, -0.1) is 11.3 Å². The Balaban J connectivity index is 1.11. The highest BCUT2D eigenvalue weighted by Gasteiger charge is 2.29. The van der Waals surface area contributed by atoms with Crippen LogP contribution in [0.1, 0.15) is 41.0 Å². The second kappa shape index (κ2) is 11.0. The van der Waals surface area contributed by atoms with Crippen molar-refractivity contribution in [2.24, 2.45) is 5.92 Å². The Kier molecular flexibility index (Phi) is 7.38. The lowest BCUT2D eigenvalue weighted by Crippen LogP contribution is -2.39. The third kappa shape index (κ3) is 5.90. The molecular weight excluding hydrogens is 547 g/mol. The summed E-state index contributed by atoms with van der Waals surface area (Å²) >= 11 is 1.07. The van der Waals surface area contributed by atoms with Crippen LogP contribution in [-0.4, -0.2) is 51.3 Å². The van der Waals surface area contributed by atoms with Gasteiger partial charge in [-0.05, 0) is 61.4 Å². The van der Waals surface area contributed by atoms with Crippen molar-refractivity contribution in [1.29, 1.82) is 5.26 Å². The van der Waals surface area contributed by atoms with E-state index in [9.17, 15) is 18.4 Å². The second-order valence-electron chi connectivity index (χ2n) is 11.2. The maximum absolute atomic E-state index is 12.9. The smallest absolute Gasteiger partial charge is 0.388 e. The van der Waals surface area contributed by atoms with Crippen molar-refractivity contribution in [3.63, 3.8) is 0 Å². The summed E-state index contributed by atoms with van der Waals surface area (Å²) in [5.41, 5.74) is 5.33. The molecule has 5 heterocycles. The van der Waals surface area contributed by atoms with Gasteiger partial charge in [0.15, 0.2) is 0 Å². The number of hydrogen-bond acceptors (Lipinski definition) is 7. The molecule has 7 nitrogen and oxygen atoms in total. The zero-order chi connectivity index (χ0) is 28.7. The number of likely N-dealkylation sites (tertiary alicyclic amines) is 1. The number of anilines is 1. The normalized spacial score (nSPS) is 18.7. The molecule has 0 aliphatic carbocycles. The lowest BCUT2D eigenvalue weighted by molar-refractivity contribution is -0.126. The predicted molar refractivity (Wildman–Crippen MR) is 156 cm³/mol. The van der Waals surface area contributed by atoms with Crippen LogP contribution in [0, 0.1) is 24.2 Å². The topological polar surface area (TPSA) is 81.8 Å². The molecule has 1 atom stereocenters. The van der Waals surface area contributed by atoms with Gasteiger partial charge < -0.3 is 15.2 Å². The lowest BCUT2D eigenvalue weighted by Gasteiger charge is -2.33. The van der Waals surface area contributed by atoms with E-state index >= 15 is 0 Å². The fourth-order valence-corrected chi connectivity index (χ4v) is 7.15.